The molecular weight excluding hydrogens is 426 g/mol. The highest BCUT2D eigenvalue weighted by Crippen LogP contribution is 2.20. The number of hydrogen-bond acceptors (Lipinski definition) is 7. The number of para-hydroxylation sites is 1. The lowest BCUT2D eigenvalue weighted by atomic mass is 10.2. The van der Waals surface area contributed by atoms with Crippen LogP contribution in [0.4, 0.5) is 11.8 Å². The molecule has 5 rings (SSSR count). The van der Waals surface area contributed by atoms with E-state index in [4.69, 9.17) is 23.1 Å². The monoisotopic (exact) mass is 445 g/mol. The zero-order chi connectivity index (χ0) is 22.7. The van der Waals surface area contributed by atoms with Gasteiger partial charge < -0.3 is 11.5 Å². The second-order valence-corrected chi connectivity index (χ2v) is 7.24. The number of anilines is 2. The van der Waals surface area contributed by atoms with Crippen LogP contribution in [0.2, 0.25) is 5.02 Å². The van der Waals surface area contributed by atoms with Crippen LogP contribution in [0.1, 0.15) is 12.7 Å². The molecule has 32 heavy (non-hydrogen) atoms. The van der Waals surface area contributed by atoms with Gasteiger partial charge in [0.15, 0.2) is 5.82 Å². The average molecular weight is 446 g/mol. The summed E-state index contributed by atoms with van der Waals surface area (Å²) in [6, 6.07) is 18.4. The molecule has 9 heteroatoms. The molecule has 0 fully saturated rings. The summed E-state index contributed by atoms with van der Waals surface area (Å²) in [6.07, 6.45) is 2.31. The van der Waals surface area contributed by atoms with Crippen LogP contribution in [0.15, 0.2) is 71.7 Å². The zero-order valence-corrected chi connectivity index (χ0v) is 18.0. The third kappa shape index (κ3) is 4.08. The second-order valence-electron chi connectivity index (χ2n) is 6.83. The first kappa shape index (κ1) is 21.2. The van der Waals surface area contributed by atoms with E-state index in [9.17, 15) is 4.79 Å². The topological polar surface area (TPSA) is 126 Å². The molecule has 160 valence electrons. The molecule has 0 aliphatic carbocycles. The summed E-state index contributed by atoms with van der Waals surface area (Å²) in [5.41, 5.74) is 13.5. The van der Waals surface area contributed by atoms with E-state index in [1.807, 2.05) is 49.4 Å². The predicted molar refractivity (Wildman–Crippen MR) is 128 cm³/mol. The van der Waals surface area contributed by atoms with E-state index >= 15 is 0 Å². The van der Waals surface area contributed by atoms with Crippen molar-refractivity contribution in [3.05, 3.63) is 88.1 Å². The van der Waals surface area contributed by atoms with Crippen molar-refractivity contribution in [3.63, 3.8) is 0 Å². The number of aryl methyl sites for hydroxylation is 1. The van der Waals surface area contributed by atoms with E-state index in [0.29, 0.717) is 39.2 Å². The summed E-state index contributed by atoms with van der Waals surface area (Å²) in [5.74, 6) is 1.22. The average Bonchev–Trinajstić information content (AvgIpc) is 2.79. The Morgan fingerprint density at radius 2 is 1.66 bits per heavy atom. The standard InChI is InChI=1S/C16H13ClN2O.C7H7N5/c1-2-14-18-13-10-6-9-12(17)15(13)16(20)19(14)11-7-4-3-5-8-11;8-6-5-4(2-1-3-10-5)11-7(9)12-6/h3-10H,2H2,1H3;1-3H,(H4,8,9,11,12). The van der Waals surface area contributed by atoms with Gasteiger partial charge in [-0.05, 0) is 36.4 Å². The molecule has 2 aromatic carbocycles. The van der Waals surface area contributed by atoms with Crippen LogP contribution in [0, 0.1) is 0 Å². The van der Waals surface area contributed by atoms with Gasteiger partial charge in [0.25, 0.3) is 5.56 Å². The van der Waals surface area contributed by atoms with Crippen molar-refractivity contribution in [3.8, 4) is 5.69 Å². The number of nitrogens with two attached hydrogens (primary N) is 2. The molecule has 3 heterocycles. The normalized spacial score (nSPS) is 10.7. The Bertz CT molecular complexity index is 1470. The van der Waals surface area contributed by atoms with E-state index in [1.165, 1.54) is 0 Å². The smallest absolute Gasteiger partial charge is 0.267 e. The van der Waals surface area contributed by atoms with Gasteiger partial charge in [-0.2, -0.15) is 4.98 Å². The summed E-state index contributed by atoms with van der Waals surface area (Å²) in [5, 5.41) is 0.905. The van der Waals surface area contributed by atoms with Gasteiger partial charge >= 0.3 is 0 Å². The maximum Gasteiger partial charge on any atom is 0.267 e. The number of halogens is 1. The van der Waals surface area contributed by atoms with Gasteiger partial charge in [0.2, 0.25) is 5.95 Å². The Morgan fingerprint density at radius 3 is 2.41 bits per heavy atom. The molecule has 0 aliphatic heterocycles. The number of fused-ring (bicyclic) bond motifs is 2. The van der Waals surface area contributed by atoms with Gasteiger partial charge in [-0.15, -0.1) is 0 Å². The van der Waals surface area contributed by atoms with Crippen LogP contribution in [-0.4, -0.2) is 24.5 Å². The fourth-order valence-corrected chi connectivity index (χ4v) is 3.58. The van der Waals surface area contributed by atoms with Crippen LogP contribution >= 0.6 is 11.6 Å². The number of nitrogens with zero attached hydrogens (tertiary/aromatic N) is 5. The molecule has 8 nitrogen and oxygen atoms in total. The highest BCUT2D eigenvalue weighted by molar-refractivity contribution is 6.35. The predicted octanol–water partition coefficient (Wildman–Crippen LogP) is 3.79. The van der Waals surface area contributed by atoms with Crippen molar-refractivity contribution in [2.24, 2.45) is 0 Å². The summed E-state index contributed by atoms with van der Waals surface area (Å²) in [7, 11) is 0. The van der Waals surface area contributed by atoms with Crippen molar-refractivity contribution in [1.82, 2.24) is 24.5 Å². The Labute approximate surface area is 188 Å². The van der Waals surface area contributed by atoms with Crippen molar-refractivity contribution < 1.29 is 0 Å². The minimum atomic E-state index is -0.122. The van der Waals surface area contributed by atoms with Gasteiger partial charge in [0.1, 0.15) is 11.3 Å². The molecule has 0 radical (unpaired) electrons. The Morgan fingerprint density at radius 1 is 0.906 bits per heavy atom. The van der Waals surface area contributed by atoms with Gasteiger partial charge in [-0.3, -0.25) is 14.3 Å². The van der Waals surface area contributed by atoms with Crippen LogP contribution in [0.5, 0.6) is 0 Å². The van der Waals surface area contributed by atoms with E-state index < -0.39 is 0 Å². The summed E-state index contributed by atoms with van der Waals surface area (Å²) in [6.45, 7) is 1.98. The third-order valence-electron chi connectivity index (χ3n) is 4.75. The van der Waals surface area contributed by atoms with Crippen molar-refractivity contribution >= 4 is 45.3 Å². The van der Waals surface area contributed by atoms with Gasteiger partial charge in [0, 0.05) is 12.6 Å². The van der Waals surface area contributed by atoms with Crippen molar-refractivity contribution in [2.45, 2.75) is 13.3 Å². The number of aromatic nitrogens is 5. The lowest BCUT2D eigenvalue weighted by molar-refractivity contribution is 0.833. The van der Waals surface area contributed by atoms with Gasteiger partial charge in [-0.25, -0.2) is 9.97 Å². The van der Waals surface area contributed by atoms with E-state index in [1.54, 1.807) is 29.0 Å². The molecule has 0 spiro atoms. The van der Waals surface area contributed by atoms with Crippen LogP contribution in [-0.2, 0) is 6.42 Å². The molecule has 5 aromatic rings. The first-order valence-electron chi connectivity index (χ1n) is 9.89. The fraction of sp³-hybridized carbons (Fsp3) is 0.0870. The molecule has 0 aliphatic rings. The first-order valence-corrected chi connectivity index (χ1v) is 10.3. The summed E-state index contributed by atoms with van der Waals surface area (Å²) in [4.78, 5) is 29.1. The number of rotatable bonds is 2. The molecule has 0 atom stereocenters. The Kier molecular flexibility index (Phi) is 5.96. The minimum absolute atomic E-state index is 0.122. The van der Waals surface area contributed by atoms with Crippen LogP contribution in [0.25, 0.3) is 27.6 Å². The van der Waals surface area contributed by atoms with Crippen molar-refractivity contribution in [1.29, 1.82) is 0 Å². The third-order valence-corrected chi connectivity index (χ3v) is 5.06. The van der Waals surface area contributed by atoms with Gasteiger partial charge in [0.05, 0.1) is 27.1 Å². The second kappa shape index (κ2) is 8.99. The molecule has 0 amide bonds. The zero-order valence-electron chi connectivity index (χ0n) is 17.2. The molecule has 3 aromatic heterocycles. The highest BCUT2D eigenvalue weighted by atomic mass is 35.5. The number of pyridine rings is 1. The van der Waals surface area contributed by atoms with E-state index in [0.717, 1.165) is 11.5 Å². The Balaban J connectivity index is 0.000000174. The summed E-state index contributed by atoms with van der Waals surface area (Å²) >= 11 is 6.16. The minimum Gasteiger partial charge on any atom is -0.382 e. The van der Waals surface area contributed by atoms with Crippen molar-refractivity contribution in [2.75, 3.05) is 11.5 Å². The fourth-order valence-electron chi connectivity index (χ4n) is 3.33. The first-order chi connectivity index (χ1) is 15.5. The number of benzene rings is 2. The van der Waals surface area contributed by atoms with Gasteiger partial charge in [-0.1, -0.05) is 42.8 Å². The molecule has 0 saturated heterocycles. The molecular formula is C23H20ClN7O. The quantitative estimate of drug-likeness (QED) is 0.423. The number of hydrogen-bond donors (Lipinski definition) is 2. The maximum atomic E-state index is 12.8. The molecule has 0 saturated carbocycles. The Hall–Kier alpha value is -4.04. The molecule has 0 unspecified atom stereocenters. The SMILES string of the molecule is CCc1nc2cccc(Cl)c2c(=O)n1-c1ccccc1.Nc1nc(N)c2ncccc2n1. The van der Waals surface area contributed by atoms with E-state index in [-0.39, 0.29) is 11.5 Å². The van der Waals surface area contributed by atoms with E-state index in [2.05, 4.69) is 19.9 Å². The highest BCUT2D eigenvalue weighted by Gasteiger charge is 2.13. The lowest BCUT2D eigenvalue weighted by Gasteiger charge is -2.12. The summed E-state index contributed by atoms with van der Waals surface area (Å²) < 4.78 is 1.63. The van der Waals surface area contributed by atoms with Crippen LogP contribution < -0.4 is 17.0 Å². The largest absolute Gasteiger partial charge is 0.382 e. The van der Waals surface area contributed by atoms with Crippen LogP contribution in [0.3, 0.4) is 0 Å². The molecule has 4 N–H and O–H groups in total. The maximum absolute atomic E-state index is 12.8. The number of nitrogen functional groups attached to an aromatic ring is 2. The lowest BCUT2D eigenvalue weighted by Crippen LogP contribution is -2.23. The molecule has 0 bridgehead atoms.